The molecular formula is C18H24N2O2. The Labute approximate surface area is 132 Å². The number of likely N-dealkylation sites (tertiary alicyclic amines) is 2. The Morgan fingerprint density at radius 3 is 2.41 bits per heavy atom. The molecule has 0 aliphatic carbocycles. The van der Waals surface area contributed by atoms with Crippen LogP contribution in [0.3, 0.4) is 0 Å². The summed E-state index contributed by atoms with van der Waals surface area (Å²) in [5.41, 5.74) is 2.26. The molecule has 1 aromatic carbocycles. The summed E-state index contributed by atoms with van der Waals surface area (Å²) in [5.74, 6) is 0.252. The van der Waals surface area contributed by atoms with Crippen LogP contribution in [0.2, 0.25) is 0 Å². The molecule has 3 rings (SSSR count). The first kappa shape index (κ1) is 15.1. The molecule has 4 nitrogen and oxygen atoms in total. The van der Waals surface area contributed by atoms with E-state index in [2.05, 4.69) is 24.3 Å². The van der Waals surface area contributed by atoms with Crippen molar-refractivity contribution in [3.8, 4) is 0 Å². The maximum atomic E-state index is 12.9. The molecule has 2 saturated heterocycles. The Kier molecular flexibility index (Phi) is 4.19. The first-order chi connectivity index (χ1) is 10.6. The molecule has 0 radical (unpaired) electrons. The maximum absolute atomic E-state index is 12.9. The predicted octanol–water partition coefficient (Wildman–Crippen LogP) is 2.53. The fourth-order valence-corrected chi connectivity index (χ4v) is 3.69. The zero-order valence-corrected chi connectivity index (χ0v) is 13.4. The molecule has 2 amide bonds. The minimum atomic E-state index is -0.130. The third kappa shape index (κ3) is 2.74. The van der Waals surface area contributed by atoms with Gasteiger partial charge < -0.3 is 9.80 Å². The molecule has 2 heterocycles. The van der Waals surface area contributed by atoms with Gasteiger partial charge in [0.25, 0.3) is 0 Å². The van der Waals surface area contributed by atoms with Crippen molar-refractivity contribution in [3.63, 3.8) is 0 Å². The third-order valence-corrected chi connectivity index (χ3v) is 5.01. The largest absolute Gasteiger partial charge is 0.342 e. The summed E-state index contributed by atoms with van der Waals surface area (Å²) in [6, 6.07) is 8.09. The van der Waals surface area contributed by atoms with E-state index in [0.29, 0.717) is 12.8 Å². The fourth-order valence-electron chi connectivity index (χ4n) is 3.69. The van der Waals surface area contributed by atoms with E-state index < -0.39 is 0 Å². The summed E-state index contributed by atoms with van der Waals surface area (Å²) in [5, 5.41) is 0. The lowest BCUT2D eigenvalue weighted by Gasteiger charge is -2.40. The predicted molar refractivity (Wildman–Crippen MR) is 85.2 cm³/mol. The van der Waals surface area contributed by atoms with Crippen LogP contribution in [0.5, 0.6) is 0 Å². The smallest absolute Gasteiger partial charge is 0.228 e. The Morgan fingerprint density at radius 1 is 1.14 bits per heavy atom. The standard InChI is InChI=1S/C18H24N2O2/c1-13-5-7-14(8-6-13)17-15(9-10-16(21)19(17)2)18(22)20-11-3-4-12-20/h5-8,15,17H,3-4,9-12H2,1-2H3/t15-,17+/m0/s1. The van der Waals surface area contributed by atoms with Crippen LogP contribution < -0.4 is 0 Å². The van der Waals surface area contributed by atoms with Gasteiger partial charge in [-0.2, -0.15) is 0 Å². The monoisotopic (exact) mass is 300 g/mol. The Morgan fingerprint density at radius 2 is 1.77 bits per heavy atom. The summed E-state index contributed by atoms with van der Waals surface area (Å²) < 4.78 is 0. The van der Waals surface area contributed by atoms with Crippen molar-refractivity contribution < 1.29 is 9.59 Å². The number of nitrogens with zero attached hydrogens (tertiary/aromatic N) is 2. The minimum Gasteiger partial charge on any atom is -0.342 e. The van der Waals surface area contributed by atoms with E-state index >= 15 is 0 Å². The average molecular weight is 300 g/mol. The second-order valence-corrected chi connectivity index (χ2v) is 6.54. The molecular weight excluding hydrogens is 276 g/mol. The lowest BCUT2D eigenvalue weighted by atomic mass is 9.83. The second-order valence-electron chi connectivity index (χ2n) is 6.54. The summed E-state index contributed by atoms with van der Waals surface area (Å²) in [6.45, 7) is 3.79. The average Bonchev–Trinajstić information content (AvgIpc) is 3.05. The van der Waals surface area contributed by atoms with E-state index in [4.69, 9.17) is 0 Å². The first-order valence-corrected chi connectivity index (χ1v) is 8.19. The molecule has 118 valence electrons. The van der Waals surface area contributed by atoms with Crippen molar-refractivity contribution in [2.45, 2.75) is 38.6 Å². The summed E-state index contributed by atoms with van der Waals surface area (Å²) >= 11 is 0. The van der Waals surface area contributed by atoms with Gasteiger partial charge in [0.1, 0.15) is 0 Å². The van der Waals surface area contributed by atoms with Gasteiger partial charge >= 0.3 is 0 Å². The number of carbonyl (C=O) groups is 2. The summed E-state index contributed by atoms with van der Waals surface area (Å²) in [4.78, 5) is 28.8. The van der Waals surface area contributed by atoms with Crippen LogP contribution in [0, 0.1) is 12.8 Å². The highest BCUT2D eigenvalue weighted by atomic mass is 16.2. The molecule has 0 unspecified atom stereocenters. The fraction of sp³-hybridized carbons (Fsp3) is 0.556. The Bertz CT molecular complexity index is 561. The highest BCUT2D eigenvalue weighted by Crippen LogP contribution is 2.37. The number of amides is 2. The van der Waals surface area contributed by atoms with Gasteiger partial charge in [-0.1, -0.05) is 29.8 Å². The van der Waals surface area contributed by atoms with Gasteiger partial charge in [-0.3, -0.25) is 9.59 Å². The molecule has 0 spiro atoms. The van der Waals surface area contributed by atoms with Crippen LogP contribution in [-0.2, 0) is 9.59 Å². The number of benzene rings is 1. The van der Waals surface area contributed by atoms with Crippen LogP contribution in [-0.4, -0.2) is 41.8 Å². The summed E-state index contributed by atoms with van der Waals surface area (Å²) in [7, 11) is 1.83. The molecule has 2 fully saturated rings. The lowest BCUT2D eigenvalue weighted by Crippen LogP contribution is -2.47. The summed E-state index contributed by atoms with van der Waals surface area (Å²) in [6.07, 6.45) is 3.34. The Balaban J connectivity index is 1.90. The quantitative estimate of drug-likeness (QED) is 0.842. The van der Waals surface area contributed by atoms with Crippen molar-refractivity contribution >= 4 is 11.8 Å². The van der Waals surface area contributed by atoms with Crippen molar-refractivity contribution in [3.05, 3.63) is 35.4 Å². The SMILES string of the molecule is Cc1ccc([C@@H]2[C@@H](C(=O)N3CCCC3)CCC(=O)N2C)cc1. The Hall–Kier alpha value is -1.84. The molecule has 0 N–H and O–H groups in total. The topological polar surface area (TPSA) is 40.6 Å². The highest BCUT2D eigenvalue weighted by Gasteiger charge is 2.40. The lowest BCUT2D eigenvalue weighted by molar-refractivity contribution is -0.146. The number of aryl methyl sites for hydroxylation is 1. The van der Waals surface area contributed by atoms with Gasteiger partial charge in [-0.05, 0) is 31.7 Å². The molecule has 0 aromatic heterocycles. The van der Waals surface area contributed by atoms with E-state index in [-0.39, 0.29) is 23.8 Å². The van der Waals surface area contributed by atoms with Crippen LogP contribution in [0.25, 0.3) is 0 Å². The first-order valence-electron chi connectivity index (χ1n) is 8.19. The van der Waals surface area contributed by atoms with E-state index in [1.807, 2.05) is 18.9 Å². The molecule has 22 heavy (non-hydrogen) atoms. The minimum absolute atomic E-state index is 0.108. The zero-order chi connectivity index (χ0) is 15.7. The van der Waals surface area contributed by atoms with Gasteiger partial charge in [0, 0.05) is 26.6 Å². The third-order valence-electron chi connectivity index (χ3n) is 5.01. The number of carbonyl (C=O) groups excluding carboxylic acids is 2. The van der Waals surface area contributed by atoms with Crippen molar-refractivity contribution in [2.24, 2.45) is 5.92 Å². The van der Waals surface area contributed by atoms with Crippen LogP contribution in [0.1, 0.15) is 42.9 Å². The number of piperidine rings is 1. The highest BCUT2D eigenvalue weighted by molar-refractivity contribution is 5.85. The van der Waals surface area contributed by atoms with Crippen molar-refractivity contribution in [1.29, 1.82) is 0 Å². The molecule has 0 bridgehead atoms. The van der Waals surface area contributed by atoms with Gasteiger partial charge in [-0.25, -0.2) is 0 Å². The van der Waals surface area contributed by atoms with Crippen LogP contribution in [0.15, 0.2) is 24.3 Å². The van der Waals surface area contributed by atoms with Crippen LogP contribution in [0.4, 0.5) is 0 Å². The molecule has 2 aliphatic rings. The second kappa shape index (κ2) is 6.11. The van der Waals surface area contributed by atoms with E-state index in [1.54, 1.807) is 4.90 Å². The van der Waals surface area contributed by atoms with E-state index in [9.17, 15) is 9.59 Å². The maximum Gasteiger partial charge on any atom is 0.228 e. The normalized spacial score (nSPS) is 25.6. The zero-order valence-electron chi connectivity index (χ0n) is 13.4. The number of rotatable bonds is 2. The van der Waals surface area contributed by atoms with Gasteiger partial charge in [0.2, 0.25) is 11.8 Å². The molecule has 2 aliphatic heterocycles. The van der Waals surface area contributed by atoms with Crippen LogP contribution >= 0.6 is 0 Å². The number of hydrogen-bond donors (Lipinski definition) is 0. The van der Waals surface area contributed by atoms with E-state index in [0.717, 1.165) is 31.5 Å². The van der Waals surface area contributed by atoms with Crippen molar-refractivity contribution in [2.75, 3.05) is 20.1 Å². The van der Waals surface area contributed by atoms with E-state index in [1.165, 1.54) is 5.56 Å². The van der Waals surface area contributed by atoms with Gasteiger partial charge in [0.15, 0.2) is 0 Å². The molecule has 2 atom stereocenters. The van der Waals surface area contributed by atoms with Gasteiger partial charge in [-0.15, -0.1) is 0 Å². The molecule has 0 saturated carbocycles. The molecule has 4 heteroatoms. The van der Waals surface area contributed by atoms with Crippen molar-refractivity contribution in [1.82, 2.24) is 9.80 Å². The number of hydrogen-bond acceptors (Lipinski definition) is 2. The van der Waals surface area contributed by atoms with Gasteiger partial charge in [0.05, 0.1) is 12.0 Å². The molecule has 1 aromatic rings.